The topological polar surface area (TPSA) is 29.5 Å². The average Bonchev–Trinajstić information content (AvgIpc) is 2.33. The number of ether oxygens (including phenoxy) is 1. The molecule has 0 N–H and O–H groups in total. The first-order valence-electron chi connectivity index (χ1n) is 5.66. The van der Waals surface area contributed by atoms with Crippen LogP contribution in [0.15, 0.2) is 30.3 Å². The number of carbonyl (C=O) groups is 1. The van der Waals surface area contributed by atoms with Crippen molar-refractivity contribution in [3.8, 4) is 0 Å². The fraction of sp³-hybridized carbons (Fsp3) is 0.462. The Balaban J connectivity index is 1.81. The molecule has 1 aromatic rings. The molecule has 0 radical (unpaired) electrons. The van der Waals surface area contributed by atoms with Gasteiger partial charge in [0.2, 0.25) is 0 Å². The predicted molar refractivity (Wildman–Crippen MR) is 62.0 cm³/mol. The predicted octanol–water partition coefficient (Wildman–Crippen LogP) is 2.66. The Kier molecular flexibility index (Phi) is 3.13. The third kappa shape index (κ3) is 2.18. The molecule has 1 aliphatic rings. The Labute approximate surface area is 96.0 Å². The molecule has 1 aliphatic heterocycles. The molecule has 0 spiro atoms. The summed E-state index contributed by atoms with van der Waals surface area (Å²) in [5.74, 6) is 0.587. The van der Waals surface area contributed by atoms with Crippen LogP contribution in [0.4, 0.5) is 4.79 Å². The summed E-state index contributed by atoms with van der Waals surface area (Å²) in [6.45, 7) is 5.37. The van der Waals surface area contributed by atoms with E-state index in [2.05, 4.69) is 13.8 Å². The number of amides is 1. The third-order valence-electron chi connectivity index (χ3n) is 3.24. The SMILES string of the molecule is CC1[C@@H](C)CN1C(=O)OCc1ccccc1. The highest BCUT2D eigenvalue weighted by atomic mass is 16.6. The molecule has 0 aliphatic carbocycles. The Morgan fingerprint density at radius 2 is 2.06 bits per heavy atom. The van der Waals surface area contributed by atoms with Gasteiger partial charge in [-0.05, 0) is 18.4 Å². The minimum Gasteiger partial charge on any atom is -0.445 e. The van der Waals surface area contributed by atoms with Crippen molar-refractivity contribution >= 4 is 6.09 Å². The lowest BCUT2D eigenvalue weighted by atomic mass is 9.93. The van der Waals surface area contributed by atoms with Crippen LogP contribution in [-0.4, -0.2) is 23.6 Å². The van der Waals surface area contributed by atoms with Crippen molar-refractivity contribution in [1.29, 1.82) is 0 Å². The van der Waals surface area contributed by atoms with Gasteiger partial charge in [0.05, 0.1) is 0 Å². The highest BCUT2D eigenvalue weighted by molar-refractivity contribution is 5.69. The van der Waals surface area contributed by atoms with E-state index in [9.17, 15) is 4.79 Å². The first kappa shape index (κ1) is 11.0. The molecule has 3 nitrogen and oxygen atoms in total. The van der Waals surface area contributed by atoms with Gasteiger partial charge in [-0.2, -0.15) is 0 Å². The lowest BCUT2D eigenvalue weighted by molar-refractivity contribution is 0.0174. The van der Waals surface area contributed by atoms with Gasteiger partial charge in [-0.25, -0.2) is 4.79 Å². The maximum atomic E-state index is 11.7. The van der Waals surface area contributed by atoms with Crippen molar-refractivity contribution < 1.29 is 9.53 Å². The van der Waals surface area contributed by atoms with E-state index in [1.165, 1.54) is 0 Å². The summed E-state index contributed by atoms with van der Waals surface area (Å²) in [7, 11) is 0. The Morgan fingerprint density at radius 1 is 1.38 bits per heavy atom. The van der Waals surface area contributed by atoms with E-state index < -0.39 is 0 Å². The Hall–Kier alpha value is -1.51. The van der Waals surface area contributed by atoms with Crippen LogP contribution < -0.4 is 0 Å². The molecular formula is C13H17NO2. The van der Waals surface area contributed by atoms with Crippen LogP contribution >= 0.6 is 0 Å². The standard InChI is InChI=1S/C13H17NO2/c1-10-8-14(11(10)2)13(15)16-9-12-6-4-3-5-7-12/h3-7,10-11H,8-9H2,1-2H3/t10-,11?/m0/s1. The summed E-state index contributed by atoms with van der Waals surface area (Å²) in [6, 6.07) is 10.0. The molecule has 3 heteroatoms. The summed E-state index contributed by atoms with van der Waals surface area (Å²) < 4.78 is 5.24. The summed E-state index contributed by atoms with van der Waals surface area (Å²) in [5.41, 5.74) is 1.03. The van der Waals surface area contributed by atoms with Crippen LogP contribution in [0.3, 0.4) is 0 Å². The quantitative estimate of drug-likeness (QED) is 0.765. The molecule has 1 unspecified atom stereocenters. The smallest absolute Gasteiger partial charge is 0.410 e. The van der Waals surface area contributed by atoms with Gasteiger partial charge in [0.25, 0.3) is 0 Å². The second-order valence-corrected chi connectivity index (χ2v) is 4.41. The lowest BCUT2D eigenvalue weighted by Gasteiger charge is -2.43. The van der Waals surface area contributed by atoms with E-state index in [1.54, 1.807) is 4.90 Å². The van der Waals surface area contributed by atoms with E-state index in [0.29, 0.717) is 18.6 Å². The van der Waals surface area contributed by atoms with Crippen LogP contribution in [0.5, 0.6) is 0 Å². The molecule has 0 aromatic heterocycles. The number of nitrogens with zero attached hydrogens (tertiary/aromatic N) is 1. The van der Waals surface area contributed by atoms with Crippen LogP contribution in [0.2, 0.25) is 0 Å². The largest absolute Gasteiger partial charge is 0.445 e. The highest BCUT2D eigenvalue weighted by Gasteiger charge is 2.36. The van der Waals surface area contributed by atoms with Crippen molar-refractivity contribution in [1.82, 2.24) is 4.90 Å². The molecule has 1 fully saturated rings. The summed E-state index contributed by atoms with van der Waals surface area (Å²) >= 11 is 0. The second-order valence-electron chi connectivity index (χ2n) is 4.41. The maximum Gasteiger partial charge on any atom is 0.410 e. The Morgan fingerprint density at radius 3 is 2.62 bits per heavy atom. The Bertz CT molecular complexity index is 363. The van der Waals surface area contributed by atoms with Gasteiger partial charge in [-0.3, -0.25) is 0 Å². The van der Waals surface area contributed by atoms with E-state index >= 15 is 0 Å². The van der Waals surface area contributed by atoms with Crippen LogP contribution in [-0.2, 0) is 11.3 Å². The molecule has 86 valence electrons. The van der Waals surface area contributed by atoms with Gasteiger partial charge in [0, 0.05) is 12.6 Å². The van der Waals surface area contributed by atoms with Crippen molar-refractivity contribution in [3.05, 3.63) is 35.9 Å². The van der Waals surface area contributed by atoms with Gasteiger partial charge in [-0.15, -0.1) is 0 Å². The van der Waals surface area contributed by atoms with Gasteiger partial charge < -0.3 is 9.64 Å². The molecule has 1 aromatic carbocycles. The molecule has 16 heavy (non-hydrogen) atoms. The summed E-state index contributed by atoms with van der Waals surface area (Å²) in [6.07, 6.45) is -0.200. The van der Waals surface area contributed by atoms with Crippen molar-refractivity contribution in [2.24, 2.45) is 5.92 Å². The normalized spacial score (nSPS) is 23.8. The number of hydrogen-bond acceptors (Lipinski definition) is 2. The highest BCUT2D eigenvalue weighted by Crippen LogP contribution is 2.24. The number of rotatable bonds is 2. The number of carbonyl (C=O) groups excluding carboxylic acids is 1. The fourth-order valence-corrected chi connectivity index (χ4v) is 1.84. The van der Waals surface area contributed by atoms with Crippen LogP contribution in [0.1, 0.15) is 19.4 Å². The minimum absolute atomic E-state index is 0.200. The number of benzene rings is 1. The zero-order valence-corrected chi connectivity index (χ0v) is 9.72. The average molecular weight is 219 g/mol. The van der Waals surface area contributed by atoms with Gasteiger partial charge >= 0.3 is 6.09 Å². The summed E-state index contributed by atoms with van der Waals surface area (Å²) in [4.78, 5) is 13.4. The van der Waals surface area contributed by atoms with Gasteiger partial charge in [0.1, 0.15) is 6.61 Å². The van der Waals surface area contributed by atoms with Crippen LogP contribution in [0, 0.1) is 5.92 Å². The molecule has 2 rings (SSSR count). The molecule has 1 amide bonds. The number of hydrogen-bond donors (Lipinski definition) is 0. The first-order chi connectivity index (χ1) is 7.68. The zero-order valence-electron chi connectivity index (χ0n) is 9.72. The zero-order chi connectivity index (χ0) is 11.5. The molecular weight excluding hydrogens is 202 g/mol. The molecule has 0 bridgehead atoms. The molecule has 1 heterocycles. The molecule has 2 atom stereocenters. The van der Waals surface area contributed by atoms with Gasteiger partial charge in [0.15, 0.2) is 0 Å². The number of likely N-dealkylation sites (tertiary alicyclic amines) is 1. The van der Waals surface area contributed by atoms with Crippen molar-refractivity contribution in [2.45, 2.75) is 26.5 Å². The monoisotopic (exact) mass is 219 g/mol. The van der Waals surface area contributed by atoms with E-state index in [-0.39, 0.29) is 6.09 Å². The maximum absolute atomic E-state index is 11.7. The van der Waals surface area contributed by atoms with E-state index in [0.717, 1.165) is 12.1 Å². The second kappa shape index (κ2) is 4.56. The minimum atomic E-state index is -0.200. The molecule has 0 saturated carbocycles. The summed E-state index contributed by atoms with van der Waals surface area (Å²) in [5, 5.41) is 0. The van der Waals surface area contributed by atoms with Crippen molar-refractivity contribution in [3.63, 3.8) is 0 Å². The molecule has 1 saturated heterocycles. The van der Waals surface area contributed by atoms with Crippen molar-refractivity contribution in [2.75, 3.05) is 6.54 Å². The van der Waals surface area contributed by atoms with E-state index in [4.69, 9.17) is 4.74 Å². The van der Waals surface area contributed by atoms with Gasteiger partial charge in [-0.1, -0.05) is 37.3 Å². The first-order valence-corrected chi connectivity index (χ1v) is 5.66. The third-order valence-corrected chi connectivity index (χ3v) is 3.24. The van der Waals surface area contributed by atoms with Crippen LogP contribution in [0.25, 0.3) is 0 Å². The van der Waals surface area contributed by atoms with E-state index in [1.807, 2.05) is 30.3 Å². The fourth-order valence-electron chi connectivity index (χ4n) is 1.84. The lowest BCUT2D eigenvalue weighted by Crippen LogP contribution is -2.56.